The smallest absolute Gasteiger partial charge is 0.141 e. The van der Waals surface area contributed by atoms with E-state index in [2.05, 4.69) is 35.8 Å². The van der Waals surface area contributed by atoms with Crippen LogP contribution < -0.4 is 0 Å². The number of fused-ring (bicyclic) bond motifs is 1. The predicted octanol–water partition coefficient (Wildman–Crippen LogP) is 4.65. The lowest BCUT2D eigenvalue weighted by Gasteiger charge is -2.26. The van der Waals surface area contributed by atoms with Crippen molar-refractivity contribution in [3.8, 4) is 11.4 Å². The first kappa shape index (κ1) is 16.0. The number of hydrogen-bond donors (Lipinski definition) is 0. The predicted molar refractivity (Wildman–Crippen MR) is 98.9 cm³/mol. The molecule has 1 fully saturated rings. The van der Waals surface area contributed by atoms with E-state index in [4.69, 9.17) is 21.9 Å². The van der Waals surface area contributed by atoms with Crippen LogP contribution in [0, 0.1) is 11.6 Å². The van der Waals surface area contributed by atoms with E-state index in [1.807, 2.05) is 0 Å². The zero-order valence-electron chi connectivity index (χ0n) is 14.3. The molecule has 1 aromatic heterocycles. The Kier molecular flexibility index (Phi) is 4.51. The highest BCUT2D eigenvalue weighted by Gasteiger charge is 2.23. The summed E-state index contributed by atoms with van der Waals surface area (Å²) >= 11 is 5.65. The van der Waals surface area contributed by atoms with Gasteiger partial charge in [0.2, 0.25) is 0 Å². The molecule has 4 heteroatoms. The summed E-state index contributed by atoms with van der Waals surface area (Å²) in [4.78, 5) is 4.86. The number of nitrogens with zero attached hydrogens (tertiary/aromatic N) is 2. The Morgan fingerprint density at radius 2 is 2.12 bits per heavy atom. The molecule has 1 aromatic carbocycles. The zero-order valence-corrected chi connectivity index (χ0v) is 15.1. The second-order valence-electron chi connectivity index (χ2n) is 6.99. The molecule has 1 aliphatic carbocycles. The zero-order chi connectivity index (χ0) is 16.5. The Balaban J connectivity index is 1.87. The van der Waals surface area contributed by atoms with E-state index in [1.165, 1.54) is 36.1 Å². The summed E-state index contributed by atoms with van der Waals surface area (Å²) in [5.74, 6) is 1.01. The second kappa shape index (κ2) is 6.77. The van der Waals surface area contributed by atoms with Crippen LogP contribution >= 0.6 is 12.2 Å². The molecule has 3 nitrogen and oxygen atoms in total. The number of aryl methyl sites for hydroxylation is 1. The van der Waals surface area contributed by atoms with Crippen LogP contribution in [0.3, 0.4) is 0 Å². The fourth-order valence-corrected chi connectivity index (χ4v) is 4.27. The highest BCUT2D eigenvalue weighted by atomic mass is 32.1. The molecule has 2 heterocycles. The van der Waals surface area contributed by atoms with Gasteiger partial charge in [-0.3, -0.25) is 0 Å². The number of ether oxygens (including phenoxy) is 1. The van der Waals surface area contributed by atoms with Gasteiger partial charge < -0.3 is 9.30 Å². The van der Waals surface area contributed by atoms with Crippen molar-refractivity contribution in [3.05, 3.63) is 45.7 Å². The van der Waals surface area contributed by atoms with Crippen molar-refractivity contribution in [3.63, 3.8) is 0 Å². The summed E-state index contributed by atoms with van der Waals surface area (Å²) in [5, 5.41) is 0. The van der Waals surface area contributed by atoms with Gasteiger partial charge in [0.1, 0.15) is 10.5 Å². The number of rotatable bonds is 3. The minimum Gasteiger partial charge on any atom is -0.376 e. The lowest BCUT2D eigenvalue weighted by atomic mass is 9.96. The van der Waals surface area contributed by atoms with Gasteiger partial charge in [-0.05, 0) is 51.5 Å². The van der Waals surface area contributed by atoms with Crippen molar-refractivity contribution in [2.24, 2.45) is 0 Å². The van der Waals surface area contributed by atoms with Crippen molar-refractivity contribution in [2.45, 2.75) is 58.1 Å². The summed E-state index contributed by atoms with van der Waals surface area (Å²) in [7, 11) is 0. The summed E-state index contributed by atoms with van der Waals surface area (Å²) < 4.78 is 9.13. The molecule has 0 radical (unpaired) electrons. The van der Waals surface area contributed by atoms with Gasteiger partial charge in [0.05, 0.1) is 12.6 Å². The first-order chi connectivity index (χ1) is 11.7. The Morgan fingerprint density at radius 1 is 1.25 bits per heavy atom. The van der Waals surface area contributed by atoms with Gasteiger partial charge >= 0.3 is 0 Å². The quantitative estimate of drug-likeness (QED) is 0.761. The van der Waals surface area contributed by atoms with Crippen molar-refractivity contribution in [2.75, 3.05) is 6.61 Å². The Morgan fingerprint density at radius 3 is 2.92 bits per heavy atom. The largest absolute Gasteiger partial charge is 0.376 e. The fourth-order valence-electron chi connectivity index (χ4n) is 3.96. The third-order valence-corrected chi connectivity index (χ3v) is 5.51. The SMILES string of the molecule is Cc1cccc(-c2nc(=S)c3c(n2C[C@H]2CCCO2)CCCC3)c1. The van der Waals surface area contributed by atoms with Crippen LogP contribution in [0.25, 0.3) is 11.4 Å². The molecule has 2 aliphatic rings. The third-order valence-electron chi connectivity index (χ3n) is 5.17. The van der Waals surface area contributed by atoms with E-state index in [-0.39, 0.29) is 0 Å². The average Bonchev–Trinajstić information content (AvgIpc) is 3.10. The van der Waals surface area contributed by atoms with Gasteiger partial charge in [0, 0.05) is 23.4 Å². The van der Waals surface area contributed by atoms with Crippen LogP contribution in [0.2, 0.25) is 0 Å². The molecule has 0 unspecified atom stereocenters. The van der Waals surface area contributed by atoms with Crippen LogP contribution in [0.1, 0.15) is 42.5 Å². The van der Waals surface area contributed by atoms with Crippen molar-refractivity contribution >= 4 is 12.2 Å². The minimum absolute atomic E-state index is 0.308. The molecule has 1 saturated heterocycles. The lowest BCUT2D eigenvalue weighted by Crippen LogP contribution is -2.24. The van der Waals surface area contributed by atoms with E-state index < -0.39 is 0 Å². The molecule has 4 rings (SSSR count). The molecule has 0 bridgehead atoms. The molecule has 2 aromatic rings. The molecule has 24 heavy (non-hydrogen) atoms. The van der Waals surface area contributed by atoms with Crippen molar-refractivity contribution in [1.82, 2.24) is 9.55 Å². The minimum atomic E-state index is 0.308. The van der Waals surface area contributed by atoms with Gasteiger partial charge in [-0.15, -0.1) is 0 Å². The number of benzene rings is 1. The van der Waals surface area contributed by atoms with E-state index >= 15 is 0 Å². The van der Waals surface area contributed by atoms with Crippen LogP contribution in [-0.2, 0) is 24.1 Å². The molecule has 0 spiro atoms. The summed E-state index contributed by atoms with van der Waals surface area (Å²) in [5.41, 5.74) is 5.10. The topological polar surface area (TPSA) is 27.1 Å². The van der Waals surface area contributed by atoms with Crippen LogP contribution in [0.5, 0.6) is 0 Å². The van der Waals surface area contributed by atoms with Gasteiger partial charge in [-0.1, -0.05) is 36.0 Å². The maximum absolute atomic E-state index is 5.92. The maximum Gasteiger partial charge on any atom is 0.141 e. The highest BCUT2D eigenvalue weighted by molar-refractivity contribution is 7.71. The van der Waals surface area contributed by atoms with Crippen LogP contribution in [-0.4, -0.2) is 22.3 Å². The Hall–Kier alpha value is -1.52. The van der Waals surface area contributed by atoms with Crippen LogP contribution in [0.4, 0.5) is 0 Å². The molecule has 0 amide bonds. The molecule has 0 saturated carbocycles. The van der Waals surface area contributed by atoms with E-state index in [0.717, 1.165) is 48.4 Å². The third kappa shape index (κ3) is 3.05. The molecule has 1 atom stereocenters. The molecular formula is C20H24N2OS. The summed E-state index contributed by atoms with van der Waals surface area (Å²) in [6.07, 6.45) is 7.26. The number of aromatic nitrogens is 2. The monoisotopic (exact) mass is 340 g/mol. The average molecular weight is 340 g/mol. The second-order valence-corrected chi connectivity index (χ2v) is 7.37. The van der Waals surface area contributed by atoms with E-state index in [1.54, 1.807) is 0 Å². The maximum atomic E-state index is 5.92. The van der Waals surface area contributed by atoms with E-state index in [0.29, 0.717) is 6.10 Å². The van der Waals surface area contributed by atoms with Gasteiger partial charge in [-0.2, -0.15) is 0 Å². The summed E-state index contributed by atoms with van der Waals surface area (Å²) in [6.45, 7) is 3.91. The first-order valence-electron chi connectivity index (χ1n) is 9.03. The van der Waals surface area contributed by atoms with Gasteiger partial charge in [-0.25, -0.2) is 4.98 Å². The standard InChI is InChI=1S/C20H24N2OS/c1-14-6-4-7-15(12-14)19-21-20(24)17-9-2-3-10-18(17)22(19)13-16-8-5-11-23-16/h4,6-7,12,16H,2-3,5,8-11,13H2,1H3/t16-/m1/s1. The lowest BCUT2D eigenvalue weighted by molar-refractivity contribution is 0.0961. The van der Waals surface area contributed by atoms with Crippen molar-refractivity contribution in [1.29, 1.82) is 0 Å². The first-order valence-corrected chi connectivity index (χ1v) is 9.44. The normalized spacial score (nSPS) is 20.1. The fraction of sp³-hybridized carbons (Fsp3) is 0.500. The molecule has 126 valence electrons. The highest BCUT2D eigenvalue weighted by Crippen LogP contribution is 2.29. The molecule has 0 N–H and O–H groups in total. The molecular weight excluding hydrogens is 316 g/mol. The van der Waals surface area contributed by atoms with Crippen LogP contribution in [0.15, 0.2) is 24.3 Å². The van der Waals surface area contributed by atoms with Crippen molar-refractivity contribution < 1.29 is 4.74 Å². The molecule has 1 aliphatic heterocycles. The van der Waals surface area contributed by atoms with Gasteiger partial charge in [0.15, 0.2) is 0 Å². The summed E-state index contributed by atoms with van der Waals surface area (Å²) in [6, 6.07) is 8.58. The van der Waals surface area contributed by atoms with Gasteiger partial charge in [0.25, 0.3) is 0 Å². The Bertz CT molecular complexity index is 806. The number of hydrogen-bond acceptors (Lipinski definition) is 3. The van der Waals surface area contributed by atoms with E-state index in [9.17, 15) is 0 Å². The Labute approximate surface area is 148 Å².